The lowest BCUT2D eigenvalue weighted by atomic mass is 9.77. The summed E-state index contributed by atoms with van der Waals surface area (Å²) in [5.41, 5.74) is 5.24. The van der Waals surface area contributed by atoms with Gasteiger partial charge in [-0.3, -0.25) is 9.69 Å². The molecule has 0 bridgehead atoms. The molecule has 0 spiro atoms. The minimum atomic E-state index is -0.483. The van der Waals surface area contributed by atoms with Crippen LogP contribution >= 0.6 is 0 Å². The minimum absolute atomic E-state index is 0.171. The number of nitrogens with zero attached hydrogens (tertiary/aromatic N) is 2. The number of carbonyl (C=O) groups excluding carboxylic acids is 1. The Bertz CT molecular complexity index is 356. The van der Waals surface area contributed by atoms with E-state index in [1.165, 1.54) is 19.3 Å². The van der Waals surface area contributed by atoms with Crippen LogP contribution in [0, 0.1) is 0 Å². The predicted molar refractivity (Wildman–Crippen MR) is 86.1 cm³/mol. The molecule has 122 valence electrons. The summed E-state index contributed by atoms with van der Waals surface area (Å²) >= 11 is 0. The van der Waals surface area contributed by atoms with Crippen molar-refractivity contribution in [2.75, 3.05) is 33.7 Å². The fourth-order valence-corrected chi connectivity index (χ4v) is 4.10. The number of rotatable bonds is 5. The highest BCUT2D eigenvalue weighted by Crippen LogP contribution is 2.32. The van der Waals surface area contributed by atoms with Crippen LogP contribution in [0.15, 0.2) is 0 Å². The Hall–Kier alpha value is -0.650. The van der Waals surface area contributed by atoms with Gasteiger partial charge in [-0.2, -0.15) is 0 Å². The fourth-order valence-electron chi connectivity index (χ4n) is 4.10. The average Bonchev–Trinajstić information content (AvgIpc) is 2.48. The second-order valence-corrected chi connectivity index (χ2v) is 6.98. The molecule has 21 heavy (non-hydrogen) atoms. The van der Waals surface area contributed by atoms with E-state index in [4.69, 9.17) is 5.73 Å². The second-order valence-electron chi connectivity index (χ2n) is 6.98. The smallest absolute Gasteiger partial charge is 0.237 e. The molecule has 2 fully saturated rings. The highest BCUT2D eigenvalue weighted by atomic mass is 16.1. The Morgan fingerprint density at radius 2 is 2.14 bits per heavy atom. The summed E-state index contributed by atoms with van der Waals surface area (Å²) in [6.07, 6.45) is 6.58. The largest absolute Gasteiger partial charge is 0.368 e. The van der Waals surface area contributed by atoms with Crippen LogP contribution in [0.4, 0.5) is 0 Å². The molecule has 1 amide bonds. The van der Waals surface area contributed by atoms with Crippen LogP contribution in [0.3, 0.4) is 0 Å². The first-order valence-corrected chi connectivity index (χ1v) is 8.44. The molecule has 3 atom stereocenters. The highest BCUT2D eigenvalue weighted by Gasteiger charge is 2.42. The lowest BCUT2D eigenvalue weighted by Gasteiger charge is -2.46. The molecule has 0 aromatic carbocycles. The molecule has 3 N–H and O–H groups in total. The Balaban J connectivity index is 2.04. The maximum atomic E-state index is 12.0. The highest BCUT2D eigenvalue weighted by molar-refractivity contribution is 5.84. The fraction of sp³-hybridized carbons (Fsp3) is 0.938. The first-order valence-electron chi connectivity index (χ1n) is 8.44. The molecule has 3 unspecified atom stereocenters. The monoisotopic (exact) mass is 296 g/mol. The molecule has 1 saturated heterocycles. The van der Waals surface area contributed by atoms with E-state index in [2.05, 4.69) is 36.1 Å². The summed E-state index contributed by atoms with van der Waals surface area (Å²) in [6.45, 7) is 5.14. The van der Waals surface area contributed by atoms with Gasteiger partial charge in [-0.1, -0.05) is 6.92 Å². The van der Waals surface area contributed by atoms with E-state index in [9.17, 15) is 4.79 Å². The van der Waals surface area contributed by atoms with Gasteiger partial charge in [0.15, 0.2) is 0 Å². The number of primary amides is 1. The molecule has 1 heterocycles. The number of hydrogen-bond donors (Lipinski definition) is 2. The van der Waals surface area contributed by atoms with Gasteiger partial charge in [0.25, 0.3) is 0 Å². The second kappa shape index (κ2) is 7.07. The summed E-state index contributed by atoms with van der Waals surface area (Å²) in [7, 11) is 4.34. The van der Waals surface area contributed by atoms with E-state index >= 15 is 0 Å². The summed E-state index contributed by atoms with van der Waals surface area (Å²) in [4.78, 5) is 16.9. The molecule has 5 heteroatoms. The van der Waals surface area contributed by atoms with Crippen molar-refractivity contribution < 1.29 is 4.79 Å². The Labute approximate surface area is 129 Å². The SMILES string of the molecule is CCNC1(C(N)=O)CCCC(N2CCCC(N(C)C)C2)C1. The molecule has 1 aliphatic carbocycles. The van der Waals surface area contributed by atoms with Crippen LogP contribution in [0.5, 0.6) is 0 Å². The number of likely N-dealkylation sites (tertiary alicyclic amines) is 1. The third-order valence-corrected chi connectivity index (χ3v) is 5.39. The van der Waals surface area contributed by atoms with Gasteiger partial charge < -0.3 is 16.0 Å². The zero-order valence-electron chi connectivity index (χ0n) is 13.9. The third-order valence-electron chi connectivity index (χ3n) is 5.39. The standard InChI is InChI=1S/C16H32N4O/c1-4-18-16(15(17)21)9-5-7-13(11-16)20-10-6-8-14(12-20)19(2)3/h13-14,18H,4-12H2,1-3H3,(H2,17,21). The van der Waals surface area contributed by atoms with Gasteiger partial charge in [-0.05, 0) is 65.7 Å². The van der Waals surface area contributed by atoms with Gasteiger partial charge in [0.1, 0.15) is 0 Å². The number of amides is 1. The molecule has 2 aliphatic rings. The van der Waals surface area contributed by atoms with Crippen molar-refractivity contribution in [3.63, 3.8) is 0 Å². The first-order chi connectivity index (χ1) is 9.98. The Kier molecular flexibility index (Phi) is 5.63. The Morgan fingerprint density at radius 3 is 2.76 bits per heavy atom. The average molecular weight is 296 g/mol. The molecule has 1 saturated carbocycles. The van der Waals surface area contributed by atoms with Crippen molar-refractivity contribution in [2.45, 2.75) is 63.1 Å². The molecule has 0 aromatic heterocycles. The maximum absolute atomic E-state index is 12.0. The van der Waals surface area contributed by atoms with Gasteiger partial charge in [-0.25, -0.2) is 0 Å². The number of carbonyl (C=O) groups is 1. The van der Waals surface area contributed by atoms with Crippen LogP contribution in [0.25, 0.3) is 0 Å². The lowest BCUT2D eigenvalue weighted by Crippen LogP contribution is -2.61. The number of nitrogens with two attached hydrogens (primary N) is 1. The minimum Gasteiger partial charge on any atom is -0.368 e. The molecule has 0 radical (unpaired) electrons. The van der Waals surface area contributed by atoms with Crippen LogP contribution < -0.4 is 11.1 Å². The van der Waals surface area contributed by atoms with Crippen molar-refractivity contribution in [3.05, 3.63) is 0 Å². The van der Waals surface area contributed by atoms with Gasteiger partial charge in [-0.15, -0.1) is 0 Å². The van der Waals surface area contributed by atoms with E-state index in [1.54, 1.807) is 0 Å². The van der Waals surface area contributed by atoms with Gasteiger partial charge in [0.05, 0.1) is 5.54 Å². The van der Waals surface area contributed by atoms with E-state index < -0.39 is 5.54 Å². The van der Waals surface area contributed by atoms with Gasteiger partial charge >= 0.3 is 0 Å². The van der Waals surface area contributed by atoms with Crippen molar-refractivity contribution in [2.24, 2.45) is 5.73 Å². The number of hydrogen-bond acceptors (Lipinski definition) is 4. The van der Waals surface area contributed by atoms with E-state index in [0.29, 0.717) is 12.1 Å². The van der Waals surface area contributed by atoms with Crippen LogP contribution in [-0.4, -0.2) is 67.1 Å². The van der Waals surface area contributed by atoms with Crippen molar-refractivity contribution >= 4 is 5.91 Å². The first kappa shape index (κ1) is 16.7. The normalized spacial score (nSPS) is 35.0. The maximum Gasteiger partial charge on any atom is 0.237 e. The van der Waals surface area contributed by atoms with E-state index in [1.807, 2.05) is 0 Å². The van der Waals surface area contributed by atoms with Gasteiger partial charge in [0.2, 0.25) is 5.91 Å². The lowest BCUT2D eigenvalue weighted by molar-refractivity contribution is -0.127. The third kappa shape index (κ3) is 3.76. The zero-order valence-corrected chi connectivity index (χ0v) is 13.9. The van der Waals surface area contributed by atoms with Crippen LogP contribution in [-0.2, 0) is 4.79 Å². The van der Waals surface area contributed by atoms with Crippen molar-refractivity contribution in [1.29, 1.82) is 0 Å². The van der Waals surface area contributed by atoms with E-state index in [-0.39, 0.29) is 5.91 Å². The number of likely N-dealkylation sites (N-methyl/N-ethyl adjacent to an activating group) is 2. The number of nitrogens with one attached hydrogen (secondary N) is 1. The predicted octanol–water partition coefficient (Wildman–Crippen LogP) is 0.789. The summed E-state index contributed by atoms with van der Waals surface area (Å²) in [6, 6.07) is 1.14. The molecular weight excluding hydrogens is 264 g/mol. The van der Waals surface area contributed by atoms with Gasteiger partial charge in [0, 0.05) is 18.6 Å². The van der Waals surface area contributed by atoms with Crippen LogP contribution in [0.1, 0.15) is 45.4 Å². The summed E-state index contributed by atoms with van der Waals surface area (Å²) < 4.78 is 0. The topological polar surface area (TPSA) is 61.6 Å². The van der Waals surface area contributed by atoms with E-state index in [0.717, 1.165) is 38.9 Å². The summed E-state index contributed by atoms with van der Waals surface area (Å²) in [5, 5.41) is 3.39. The van der Waals surface area contributed by atoms with Crippen LogP contribution in [0.2, 0.25) is 0 Å². The molecular formula is C16H32N4O. The molecule has 5 nitrogen and oxygen atoms in total. The van der Waals surface area contributed by atoms with Crippen molar-refractivity contribution in [1.82, 2.24) is 15.1 Å². The zero-order chi connectivity index (χ0) is 15.5. The molecule has 1 aliphatic heterocycles. The van der Waals surface area contributed by atoms with Crippen molar-refractivity contribution in [3.8, 4) is 0 Å². The quantitative estimate of drug-likeness (QED) is 0.787. The Morgan fingerprint density at radius 1 is 1.38 bits per heavy atom. The molecule has 0 aromatic rings. The summed E-state index contributed by atoms with van der Waals surface area (Å²) in [5.74, 6) is -0.171. The molecule has 2 rings (SSSR count). The number of piperidine rings is 1.